The molecule has 1 atom stereocenters. The molecule has 0 amide bonds. The molecule has 118 valence electrons. The number of benzene rings is 1. The highest BCUT2D eigenvalue weighted by molar-refractivity contribution is 6.01. The minimum absolute atomic E-state index is 0.220. The van der Waals surface area contributed by atoms with E-state index in [1.807, 2.05) is 12.1 Å². The molecule has 0 spiro atoms. The van der Waals surface area contributed by atoms with E-state index in [-0.39, 0.29) is 11.3 Å². The zero-order valence-electron chi connectivity index (χ0n) is 12.8. The van der Waals surface area contributed by atoms with Gasteiger partial charge >= 0.3 is 5.97 Å². The van der Waals surface area contributed by atoms with Gasteiger partial charge in [0.15, 0.2) is 18.5 Å². The van der Waals surface area contributed by atoms with Gasteiger partial charge in [0, 0.05) is 17.7 Å². The van der Waals surface area contributed by atoms with E-state index in [2.05, 4.69) is 0 Å². The number of fused-ring (bicyclic) bond motifs is 1. The molecule has 5 heteroatoms. The summed E-state index contributed by atoms with van der Waals surface area (Å²) in [6, 6.07) is 8.40. The molecule has 0 unspecified atom stereocenters. The summed E-state index contributed by atoms with van der Waals surface area (Å²) in [6.45, 7) is 1.56. The summed E-state index contributed by atoms with van der Waals surface area (Å²) >= 11 is 0. The van der Waals surface area contributed by atoms with Crippen molar-refractivity contribution >= 4 is 11.8 Å². The van der Waals surface area contributed by atoms with Crippen LogP contribution in [0.25, 0.3) is 0 Å². The Bertz CT molecular complexity index is 752. The van der Waals surface area contributed by atoms with E-state index >= 15 is 0 Å². The molecule has 0 bridgehead atoms. The van der Waals surface area contributed by atoms with E-state index in [4.69, 9.17) is 4.74 Å². The number of carbonyl (C=O) groups is 2. The van der Waals surface area contributed by atoms with Crippen molar-refractivity contribution in [2.24, 2.45) is 0 Å². The lowest BCUT2D eigenvalue weighted by molar-refractivity contribution is -0.605. The lowest BCUT2D eigenvalue weighted by Gasteiger charge is -2.13. The molecular weight excluding hydrogens is 294 g/mol. The molecule has 1 heterocycles. The molecule has 3 rings (SSSR count). The van der Waals surface area contributed by atoms with Gasteiger partial charge in [-0.05, 0) is 43.4 Å². The molecule has 5 nitrogen and oxygen atoms in total. The maximum absolute atomic E-state index is 12.4. The van der Waals surface area contributed by atoms with Crippen molar-refractivity contribution in [1.29, 1.82) is 0 Å². The van der Waals surface area contributed by atoms with E-state index in [1.165, 1.54) is 35.7 Å². The van der Waals surface area contributed by atoms with Crippen LogP contribution >= 0.6 is 0 Å². The number of ether oxygens (including phenoxy) is 1. The molecule has 0 saturated carbocycles. The zero-order chi connectivity index (χ0) is 16.4. The average Bonchev–Trinajstić information content (AvgIpc) is 3.02. The number of Topliss-reactive ketones (excluding diaryl/α,β-unsaturated/α-hetero) is 1. The largest absolute Gasteiger partial charge is 0.619 e. The predicted molar refractivity (Wildman–Crippen MR) is 83.1 cm³/mol. The summed E-state index contributed by atoms with van der Waals surface area (Å²) in [7, 11) is 0. The maximum Gasteiger partial charge on any atom is 0.339 e. The van der Waals surface area contributed by atoms with Gasteiger partial charge < -0.3 is 9.94 Å². The summed E-state index contributed by atoms with van der Waals surface area (Å²) in [5, 5.41) is 11.0. The molecule has 0 radical (unpaired) electrons. The predicted octanol–water partition coefficient (Wildman–Crippen LogP) is 2.24. The van der Waals surface area contributed by atoms with Crippen LogP contribution in [0.5, 0.6) is 0 Å². The Hall–Kier alpha value is -2.69. The minimum Gasteiger partial charge on any atom is -0.619 e. The number of esters is 1. The van der Waals surface area contributed by atoms with Gasteiger partial charge in [-0.25, -0.2) is 4.79 Å². The number of rotatable bonds is 4. The summed E-state index contributed by atoms with van der Waals surface area (Å²) in [5.74, 6) is -0.838. The summed E-state index contributed by atoms with van der Waals surface area (Å²) in [5.41, 5.74) is 3.31. The van der Waals surface area contributed by atoms with Crippen LogP contribution < -0.4 is 4.73 Å². The van der Waals surface area contributed by atoms with Crippen molar-refractivity contribution in [3.8, 4) is 0 Å². The summed E-state index contributed by atoms with van der Waals surface area (Å²) < 4.78 is 5.79. The number of carbonyl (C=O) groups excluding carboxylic acids is 2. The number of aryl methyl sites for hydroxylation is 2. The van der Waals surface area contributed by atoms with Crippen LogP contribution in [0.3, 0.4) is 0 Å². The number of pyridine rings is 1. The number of aromatic nitrogens is 1. The van der Waals surface area contributed by atoms with Crippen LogP contribution in [-0.2, 0) is 17.6 Å². The molecule has 1 aliphatic carbocycles. The van der Waals surface area contributed by atoms with Crippen molar-refractivity contribution in [3.63, 3.8) is 0 Å². The minimum atomic E-state index is -0.874. The fraction of sp³-hybridized carbons (Fsp3) is 0.278. The SMILES string of the molecule is C[C@H](OC(=O)c1cc[n+]([O-])cc1)C(=O)c1ccc2c(c1)CCC2. The molecule has 0 fully saturated rings. The van der Waals surface area contributed by atoms with Crippen molar-refractivity contribution in [1.82, 2.24) is 0 Å². The number of ketones is 1. The van der Waals surface area contributed by atoms with Gasteiger partial charge in [0.2, 0.25) is 5.78 Å². The third kappa shape index (κ3) is 3.23. The van der Waals surface area contributed by atoms with Crippen LogP contribution in [0, 0.1) is 5.21 Å². The van der Waals surface area contributed by atoms with Gasteiger partial charge in [0.1, 0.15) is 0 Å². The van der Waals surface area contributed by atoms with Crippen molar-refractivity contribution in [2.45, 2.75) is 32.3 Å². The number of nitrogens with zero attached hydrogens (tertiary/aromatic N) is 1. The Labute approximate surface area is 134 Å². The van der Waals surface area contributed by atoms with Gasteiger partial charge in [-0.1, -0.05) is 12.1 Å². The van der Waals surface area contributed by atoms with Crippen molar-refractivity contribution < 1.29 is 19.1 Å². The zero-order valence-corrected chi connectivity index (χ0v) is 12.8. The molecular formula is C18H17NO4. The Balaban J connectivity index is 1.70. The highest BCUT2D eigenvalue weighted by atomic mass is 16.5. The van der Waals surface area contributed by atoms with Crippen molar-refractivity contribution in [3.05, 3.63) is 70.2 Å². The summed E-state index contributed by atoms with van der Waals surface area (Å²) in [6.07, 6.45) is 4.71. The normalized spacial score (nSPS) is 14.1. The molecule has 0 N–H and O–H groups in total. The van der Waals surface area contributed by atoms with Gasteiger partial charge in [0.05, 0.1) is 5.56 Å². The van der Waals surface area contributed by atoms with Crippen LogP contribution in [-0.4, -0.2) is 17.9 Å². The second kappa shape index (κ2) is 6.20. The Morgan fingerprint density at radius 3 is 2.52 bits per heavy atom. The van der Waals surface area contributed by atoms with E-state index < -0.39 is 12.1 Å². The fourth-order valence-corrected chi connectivity index (χ4v) is 2.79. The molecule has 1 aromatic carbocycles. The van der Waals surface area contributed by atoms with E-state index in [0.717, 1.165) is 19.3 Å². The Kier molecular flexibility index (Phi) is 4.10. The van der Waals surface area contributed by atoms with Crippen molar-refractivity contribution in [2.75, 3.05) is 0 Å². The third-order valence-corrected chi connectivity index (χ3v) is 4.07. The quantitative estimate of drug-likeness (QED) is 0.376. The van der Waals surface area contributed by atoms with Crippen LogP contribution in [0.15, 0.2) is 42.7 Å². The second-order valence-corrected chi connectivity index (χ2v) is 5.70. The molecule has 1 aliphatic rings. The smallest absolute Gasteiger partial charge is 0.339 e. The monoisotopic (exact) mass is 311 g/mol. The van der Waals surface area contributed by atoms with Gasteiger partial charge in [0.25, 0.3) is 0 Å². The van der Waals surface area contributed by atoms with Crippen LogP contribution in [0.4, 0.5) is 0 Å². The van der Waals surface area contributed by atoms with Gasteiger partial charge in [-0.3, -0.25) is 4.79 Å². The first kappa shape index (κ1) is 15.2. The molecule has 2 aromatic rings. The molecule has 23 heavy (non-hydrogen) atoms. The average molecular weight is 311 g/mol. The second-order valence-electron chi connectivity index (χ2n) is 5.70. The van der Waals surface area contributed by atoms with Crippen LogP contribution in [0.1, 0.15) is 45.2 Å². The maximum atomic E-state index is 12.4. The number of hydrogen-bond donors (Lipinski definition) is 0. The molecule has 1 aromatic heterocycles. The highest BCUT2D eigenvalue weighted by Gasteiger charge is 2.22. The molecule has 0 saturated heterocycles. The Morgan fingerprint density at radius 2 is 1.78 bits per heavy atom. The lowest BCUT2D eigenvalue weighted by Crippen LogP contribution is -2.27. The number of hydrogen-bond acceptors (Lipinski definition) is 4. The first-order valence-corrected chi connectivity index (χ1v) is 7.60. The third-order valence-electron chi connectivity index (χ3n) is 4.07. The topological polar surface area (TPSA) is 70.3 Å². The highest BCUT2D eigenvalue weighted by Crippen LogP contribution is 2.23. The Morgan fingerprint density at radius 1 is 1.09 bits per heavy atom. The van der Waals surface area contributed by atoms with E-state index in [9.17, 15) is 14.8 Å². The first-order chi connectivity index (χ1) is 11.0. The van der Waals surface area contributed by atoms with E-state index in [0.29, 0.717) is 10.3 Å². The lowest BCUT2D eigenvalue weighted by atomic mass is 10.0. The molecule has 0 aliphatic heterocycles. The van der Waals surface area contributed by atoms with Gasteiger partial charge in [-0.2, -0.15) is 4.73 Å². The fourth-order valence-electron chi connectivity index (χ4n) is 2.79. The summed E-state index contributed by atoms with van der Waals surface area (Å²) in [4.78, 5) is 24.4. The van der Waals surface area contributed by atoms with E-state index in [1.54, 1.807) is 13.0 Å². The first-order valence-electron chi connectivity index (χ1n) is 7.60. The van der Waals surface area contributed by atoms with Crippen LogP contribution in [0.2, 0.25) is 0 Å². The van der Waals surface area contributed by atoms with Gasteiger partial charge in [-0.15, -0.1) is 0 Å². The standard InChI is InChI=1S/C18H17NO4/c1-12(23-18(21)14-7-9-19(22)10-8-14)17(20)16-6-5-13-3-2-4-15(13)11-16/h5-12H,2-4H2,1H3/t12-/m0/s1.